The standard InChI is InChI=1S/C11H19N3O2/c1-9(8-16-2)5-11(15)14-4-3-13-7-10(14)6-12/h9-10,13H,3-5,7-8H2,1-2H3. The lowest BCUT2D eigenvalue weighted by molar-refractivity contribution is -0.134. The molecule has 16 heavy (non-hydrogen) atoms. The summed E-state index contributed by atoms with van der Waals surface area (Å²) < 4.78 is 5.00. The second-order valence-electron chi connectivity index (χ2n) is 4.20. The van der Waals surface area contributed by atoms with E-state index in [-0.39, 0.29) is 17.9 Å². The fourth-order valence-electron chi connectivity index (χ4n) is 1.88. The van der Waals surface area contributed by atoms with Gasteiger partial charge in [0.15, 0.2) is 0 Å². The van der Waals surface area contributed by atoms with Crippen LogP contribution in [0, 0.1) is 17.2 Å². The van der Waals surface area contributed by atoms with E-state index in [1.807, 2.05) is 6.92 Å². The van der Waals surface area contributed by atoms with E-state index in [0.29, 0.717) is 26.1 Å². The molecule has 0 radical (unpaired) electrons. The Labute approximate surface area is 96.4 Å². The Morgan fingerprint density at radius 2 is 2.50 bits per heavy atom. The van der Waals surface area contributed by atoms with E-state index in [0.717, 1.165) is 6.54 Å². The van der Waals surface area contributed by atoms with Crippen LogP contribution in [0.25, 0.3) is 0 Å². The van der Waals surface area contributed by atoms with E-state index in [9.17, 15) is 4.79 Å². The van der Waals surface area contributed by atoms with Gasteiger partial charge >= 0.3 is 0 Å². The zero-order valence-corrected chi connectivity index (χ0v) is 9.90. The third-order valence-corrected chi connectivity index (χ3v) is 2.69. The monoisotopic (exact) mass is 225 g/mol. The van der Waals surface area contributed by atoms with Crippen LogP contribution in [0.3, 0.4) is 0 Å². The van der Waals surface area contributed by atoms with Crippen LogP contribution in [0.15, 0.2) is 0 Å². The molecule has 1 heterocycles. The maximum Gasteiger partial charge on any atom is 0.224 e. The highest BCUT2D eigenvalue weighted by molar-refractivity contribution is 5.77. The predicted octanol–water partition coefficient (Wildman–Crippen LogP) is -0.0170. The van der Waals surface area contributed by atoms with Gasteiger partial charge in [-0.25, -0.2) is 0 Å². The minimum absolute atomic E-state index is 0.0533. The molecule has 1 aliphatic heterocycles. The van der Waals surface area contributed by atoms with Crippen LogP contribution in [0.5, 0.6) is 0 Å². The van der Waals surface area contributed by atoms with Gasteiger partial charge in [0.2, 0.25) is 5.91 Å². The third-order valence-electron chi connectivity index (χ3n) is 2.69. The fourth-order valence-corrected chi connectivity index (χ4v) is 1.88. The Kier molecular flexibility index (Phi) is 5.23. The number of rotatable bonds is 4. The van der Waals surface area contributed by atoms with Gasteiger partial charge in [0.1, 0.15) is 6.04 Å². The predicted molar refractivity (Wildman–Crippen MR) is 59.6 cm³/mol. The van der Waals surface area contributed by atoms with Crippen LogP contribution < -0.4 is 5.32 Å². The van der Waals surface area contributed by atoms with Crippen molar-refractivity contribution in [1.29, 1.82) is 5.26 Å². The van der Waals surface area contributed by atoms with Gasteiger partial charge in [0.25, 0.3) is 0 Å². The van der Waals surface area contributed by atoms with E-state index < -0.39 is 0 Å². The van der Waals surface area contributed by atoms with Gasteiger partial charge in [-0.05, 0) is 5.92 Å². The molecule has 1 fully saturated rings. The molecule has 1 saturated heterocycles. The molecule has 5 nitrogen and oxygen atoms in total. The zero-order chi connectivity index (χ0) is 12.0. The van der Waals surface area contributed by atoms with E-state index in [1.165, 1.54) is 0 Å². The summed E-state index contributed by atoms with van der Waals surface area (Å²) in [4.78, 5) is 13.6. The Morgan fingerprint density at radius 3 is 3.12 bits per heavy atom. The van der Waals surface area contributed by atoms with Crippen molar-refractivity contribution in [3.63, 3.8) is 0 Å². The number of piperazine rings is 1. The summed E-state index contributed by atoms with van der Waals surface area (Å²) in [6, 6.07) is 1.83. The first-order valence-electron chi connectivity index (χ1n) is 5.57. The molecule has 1 N–H and O–H groups in total. The Hall–Kier alpha value is -1.12. The molecule has 1 amide bonds. The summed E-state index contributed by atoms with van der Waals surface area (Å²) in [6.45, 7) is 4.51. The van der Waals surface area contributed by atoms with E-state index in [4.69, 9.17) is 10.00 Å². The van der Waals surface area contributed by atoms with E-state index in [1.54, 1.807) is 12.0 Å². The normalized spacial score (nSPS) is 22.6. The molecular formula is C11H19N3O2. The molecule has 2 atom stereocenters. The quantitative estimate of drug-likeness (QED) is 0.730. The van der Waals surface area contributed by atoms with Crippen LogP contribution >= 0.6 is 0 Å². The smallest absolute Gasteiger partial charge is 0.224 e. The van der Waals surface area contributed by atoms with Crippen LogP contribution in [-0.2, 0) is 9.53 Å². The molecular weight excluding hydrogens is 206 g/mol. The molecule has 0 aliphatic carbocycles. The van der Waals surface area contributed by atoms with Crippen molar-refractivity contribution >= 4 is 5.91 Å². The SMILES string of the molecule is COCC(C)CC(=O)N1CCNCC1C#N. The van der Waals surface area contributed by atoms with E-state index in [2.05, 4.69) is 11.4 Å². The molecule has 1 rings (SSSR count). The number of hydrogen-bond donors (Lipinski definition) is 1. The summed E-state index contributed by atoms with van der Waals surface area (Å²) in [5.74, 6) is 0.254. The maximum absolute atomic E-state index is 11.9. The van der Waals surface area contributed by atoms with Crippen molar-refractivity contribution in [1.82, 2.24) is 10.2 Å². The lowest BCUT2D eigenvalue weighted by Gasteiger charge is -2.32. The first-order valence-corrected chi connectivity index (χ1v) is 5.57. The van der Waals surface area contributed by atoms with Gasteiger partial charge < -0.3 is 15.0 Å². The van der Waals surface area contributed by atoms with Crippen molar-refractivity contribution in [3.05, 3.63) is 0 Å². The molecule has 1 aliphatic rings. The number of carbonyl (C=O) groups excluding carboxylic acids is 1. The molecule has 0 saturated carbocycles. The molecule has 0 aromatic carbocycles. The largest absolute Gasteiger partial charge is 0.384 e. The number of methoxy groups -OCH3 is 1. The highest BCUT2D eigenvalue weighted by atomic mass is 16.5. The van der Waals surface area contributed by atoms with Gasteiger partial charge in [0, 0.05) is 39.8 Å². The van der Waals surface area contributed by atoms with Crippen LogP contribution in [0.4, 0.5) is 0 Å². The Morgan fingerprint density at radius 1 is 1.75 bits per heavy atom. The molecule has 0 aromatic rings. The second kappa shape index (κ2) is 6.46. The summed E-state index contributed by atoms with van der Waals surface area (Å²) in [6.07, 6.45) is 0.450. The third kappa shape index (κ3) is 3.47. The molecule has 0 spiro atoms. The molecule has 2 unspecified atom stereocenters. The number of ether oxygens (including phenoxy) is 1. The van der Waals surface area contributed by atoms with Crippen LogP contribution in [0.2, 0.25) is 0 Å². The van der Waals surface area contributed by atoms with Crippen molar-refractivity contribution in [2.45, 2.75) is 19.4 Å². The first-order chi connectivity index (χ1) is 7.69. The Balaban J connectivity index is 2.48. The average molecular weight is 225 g/mol. The Bertz CT molecular complexity index is 275. The van der Waals surface area contributed by atoms with E-state index >= 15 is 0 Å². The van der Waals surface area contributed by atoms with Crippen molar-refractivity contribution in [2.24, 2.45) is 5.92 Å². The number of nitrogens with one attached hydrogen (secondary N) is 1. The summed E-state index contributed by atoms with van der Waals surface area (Å²) in [7, 11) is 1.63. The molecule has 0 bridgehead atoms. The van der Waals surface area contributed by atoms with Gasteiger partial charge in [-0.3, -0.25) is 4.79 Å². The summed E-state index contributed by atoms with van der Waals surface area (Å²) in [5.41, 5.74) is 0. The van der Waals surface area contributed by atoms with Gasteiger partial charge in [-0.15, -0.1) is 0 Å². The number of carbonyl (C=O) groups is 1. The molecule has 5 heteroatoms. The van der Waals surface area contributed by atoms with Gasteiger partial charge in [0.05, 0.1) is 6.07 Å². The number of hydrogen-bond acceptors (Lipinski definition) is 4. The van der Waals surface area contributed by atoms with Crippen LogP contribution in [0.1, 0.15) is 13.3 Å². The number of nitriles is 1. The maximum atomic E-state index is 11.9. The highest BCUT2D eigenvalue weighted by Crippen LogP contribution is 2.10. The number of nitrogens with zero attached hydrogens (tertiary/aromatic N) is 2. The highest BCUT2D eigenvalue weighted by Gasteiger charge is 2.26. The number of amides is 1. The topological polar surface area (TPSA) is 65.4 Å². The second-order valence-corrected chi connectivity index (χ2v) is 4.20. The lowest BCUT2D eigenvalue weighted by Crippen LogP contribution is -2.53. The van der Waals surface area contributed by atoms with Crippen molar-refractivity contribution < 1.29 is 9.53 Å². The zero-order valence-electron chi connectivity index (χ0n) is 9.90. The van der Waals surface area contributed by atoms with Gasteiger partial charge in [-0.2, -0.15) is 5.26 Å². The minimum Gasteiger partial charge on any atom is -0.384 e. The summed E-state index contributed by atoms with van der Waals surface area (Å²) in [5, 5.41) is 12.0. The van der Waals surface area contributed by atoms with Crippen molar-refractivity contribution in [2.75, 3.05) is 33.4 Å². The van der Waals surface area contributed by atoms with Gasteiger partial charge in [-0.1, -0.05) is 6.92 Å². The molecule has 0 aromatic heterocycles. The van der Waals surface area contributed by atoms with Crippen LogP contribution in [-0.4, -0.2) is 50.2 Å². The molecule has 90 valence electrons. The summed E-state index contributed by atoms with van der Waals surface area (Å²) >= 11 is 0. The minimum atomic E-state index is -0.323. The lowest BCUT2D eigenvalue weighted by atomic mass is 10.1. The average Bonchev–Trinajstić information content (AvgIpc) is 2.29. The first kappa shape index (κ1) is 12.9. The fraction of sp³-hybridized carbons (Fsp3) is 0.818. The van der Waals surface area contributed by atoms with Crippen molar-refractivity contribution in [3.8, 4) is 6.07 Å².